The van der Waals surface area contributed by atoms with Gasteiger partial charge in [-0.1, -0.05) is 288 Å². The summed E-state index contributed by atoms with van der Waals surface area (Å²) in [7, 11) is -9.81. The lowest BCUT2D eigenvalue weighted by Crippen LogP contribution is -2.30. The monoisotopic (exact) mass is 1400 g/mol. The number of hydrogen-bond acceptors (Lipinski definition) is 15. The molecule has 19 heteroatoms. The standard InChI is InChI=1S/C77H144O17P2/c1-4-7-10-13-16-19-22-25-28-33-36-41-46-51-56-61-75(80)88-69-74(94-77(82)63-58-53-48-43-38-32-24-21-18-15-12-9-6-3)71-92-96(85,86)90-67-72(79)66-89-95(83,84)91-70-73(93-76(81)62-57-52-47-42-37-31-23-20-17-14-11-8-5-2)68-87-65-60-55-50-45-40-35-30-27-26-29-34-39-44-49-54-59-64-78/h16,19,25-26,28-29,64,72-74,79H,4-15,17-18,20-24,27,30-63,65-71H2,1-3H3,(H,83,84)(H,85,86)/b19-16-,28-25-,29-26-/t72-,73+,74+/m0/s1. The van der Waals surface area contributed by atoms with Gasteiger partial charge in [-0.05, 0) is 89.9 Å². The van der Waals surface area contributed by atoms with E-state index in [0.717, 1.165) is 148 Å². The van der Waals surface area contributed by atoms with E-state index in [1.165, 1.54) is 161 Å². The number of aliphatic hydroxyl groups is 1. The molecule has 96 heavy (non-hydrogen) atoms. The largest absolute Gasteiger partial charge is 0.472 e. The minimum atomic E-state index is -4.94. The number of aldehydes is 1. The highest BCUT2D eigenvalue weighted by Gasteiger charge is 2.30. The number of unbranched alkanes of at least 4 members (excludes halogenated alkanes) is 44. The second-order valence-electron chi connectivity index (χ2n) is 26.6. The number of ether oxygens (including phenoxy) is 4. The number of carbonyl (C=O) groups is 4. The summed E-state index contributed by atoms with van der Waals surface area (Å²) in [6.07, 6.45) is 67.4. The molecule has 0 heterocycles. The number of phosphoric acid groups is 2. The van der Waals surface area contributed by atoms with Crippen molar-refractivity contribution in [1.29, 1.82) is 0 Å². The van der Waals surface area contributed by atoms with Crippen molar-refractivity contribution in [2.24, 2.45) is 0 Å². The maximum absolute atomic E-state index is 13.1. The van der Waals surface area contributed by atoms with Gasteiger partial charge in [0.1, 0.15) is 25.1 Å². The first-order valence-electron chi connectivity index (χ1n) is 39.2. The van der Waals surface area contributed by atoms with Crippen LogP contribution in [-0.4, -0.2) is 104 Å². The summed E-state index contributed by atoms with van der Waals surface area (Å²) in [4.78, 5) is 70.5. The Morgan fingerprint density at radius 2 is 0.615 bits per heavy atom. The first kappa shape index (κ1) is 93.4. The highest BCUT2D eigenvalue weighted by Crippen LogP contribution is 2.45. The first-order valence-corrected chi connectivity index (χ1v) is 42.2. The number of carbonyl (C=O) groups excluding carboxylic acids is 4. The van der Waals surface area contributed by atoms with Crippen LogP contribution in [0.2, 0.25) is 0 Å². The zero-order chi connectivity index (χ0) is 70.2. The molecule has 3 N–H and O–H groups in total. The van der Waals surface area contributed by atoms with Crippen molar-refractivity contribution < 1.29 is 80.2 Å². The fourth-order valence-corrected chi connectivity index (χ4v) is 12.7. The van der Waals surface area contributed by atoms with Gasteiger partial charge >= 0.3 is 33.6 Å². The fourth-order valence-electron chi connectivity index (χ4n) is 11.1. The summed E-state index contributed by atoms with van der Waals surface area (Å²) in [6, 6.07) is 0. The molecule has 0 aliphatic heterocycles. The number of hydrogen-bond donors (Lipinski definition) is 3. The van der Waals surface area contributed by atoms with Gasteiger partial charge in [0.2, 0.25) is 0 Å². The van der Waals surface area contributed by atoms with E-state index in [1.54, 1.807) is 0 Å². The molecule has 0 aliphatic rings. The SMILES string of the molecule is CCCCC/C=C\C/C=C\CCCCCCCC(=O)OC[C@H](COP(=O)(O)OC[C@@H](O)COP(=O)(O)OC[C@@H](COCCCCCCCCC/C=C\CCCCCCC=O)OC(=O)CCCCCCCCCCCCCCC)OC(=O)CCCCCCCCCCCCCCC. The Morgan fingerprint density at radius 3 is 0.990 bits per heavy atom. The van der Waals surface area contributed by atoms with E-state index >= 15 is 0 Å². The van der Waals surface area contributed by atoms with Gasteiger partial charge in [0.05, 0.1) is 33.0 Å². The van der Waals surface area contributed by atoms with Crippen LogP contribution in [-0.2, 0) is 65.4 Å². The maximum atomic E-state index is 13.1. The Balaban J connectivity index is 5.22. The minimum Gasteiger partial charge on any atom is -0.462 e. The van der Waals surface area contributed by atoms with Gasteiger partial charge in [-0.15, -0.1) is 0 Å². The lowest BCUT2D eigenvalue weighted by molar-refractivity contribution is -0.161. The summed E-state index contributed by atoms with van der Waals surface area (Å²) in [6.45, 7) is 3.70. The molecule has 564 valence electrons. The quantitative estimate of drug-likeness (QED) is 0.0128. The van der Waals surface area contributed by atoms with E-state index in [9.17, 15) is 43.2 Å². The Hall–Kier alpha value is -2.56. The Morgan fingerprint density at radius 1 is 0.333 bits per heavy atom. The zero-order valence-corrected chi connectivity index (χ0v) is 63.1. The van der Waals surface area contributed by atoms with Gasteiger partial charge in [0.25, 0.3) is 0 Å². The summed E-state index contributed by atoms with van der Waals surface area (Å²) < 4.78 is 69.2. The van der Waals surface area contributed by atoms with Crippen LogP contribution in [0, 0.1) is 0 Å². The Labute approximate surface area is 585 Å². The normalized spacial score (nSPS) is 14.1. The van der Waals surface area contributed by atoms with Crippen LogP contribution < -0.4 is 0 Å². The van der Waals surface area contributed by atoms with E-state index in [0.29, 0.717) is 32.3 Å². The molecule has 0 rings (SSSR count). The van der Waals surface area contributed by atoms with Gasteiger partial charge in [0.15, 0.2) is 6.10 Å². The molecule has 0 aliphatic carbocycles. The van der Waals surface area contributed by atoms with E-state index in [-0.39, 0.29) is 25.9 Å². The van der Waals surface area contributed by atoms with Crippen molar-refractivity contribution in [3.63, 3.8) is 0 Å². The van der Waals surface area contributed by atoms with Crippen molar-refractivity contribution in [3.8, 4) is 0 Å². The van der Waals surface area contributed by atoms with Crippen LogP contribution in [0.5, 0.6) is 0 Å². The second kappa shape index (κ2) is 72.2. The van der Waals surface area contributed by atoms with Crippen LogP contribution in [0.3, 0.4) is 0 Å². The smallest absolute Gasteiger partial charge is 0.462 e. The molecule has 0 spiro atoms. The van der Waals surface area contributed by atoms with E-state index < -0.39 is 84.9 Å². The van der Waals surface area contributed by atoms with Crippen LogP contribution in [0.4, 0.5) is 0 Å². The number of aliphatic hydroxyl groups excluding tert-OH is 1. The van der Waals surface area contributed by atoms with Crippen LogP contribution in [0.25, 0.3) is 0 Å². The molecule has 0 aromatic rings. The van der Waals surface area contributed by atoms with E-state index in [2.05, 4.69) is 57.2 Å². The second-order valence-corrected chi connectivity index (χ2v) is 29.5. The summed E-state index contributed by atoms with van der Waals surface area (Å²) in [5, 5.41) is 10.6. The molecule has 0 aromatic carbocycles. The molecular formula is C77H144O17P2. The van der Waals surface area contributed by atoms with Crippen LogP contribution >= 0.6 is 15.6 Å². The average Bonchev–Trinajstić information content (AvgIpc) is 3.63. The van der Waals surface area contributed by atoms with Crippen molar-refractivity contribution in [2.45, 2.75) is 386 Å². The Kier molecular flexibility index (Phi) is 70.3. The molecule has 0 radical (unpaired) electrons. The molecule has 5 atom stereocenters. The van der Waals surface area contributed by atoms with Gasteiger partial charge in [-0.2, -0.15) is 0 Å². The summed E-state index contributed by atoms with van der Waals surface area (Å²) in [5.74, 6) is -1.53. The number of allylic oxidation sites excluding steroid dienone is 6. The van der Waals surface area contributed by atoms with Crippen molar-refractivity contribution in [3.05, 3.63) is 36.5 Å². The third kappa shape index (κ3) is 71.3. The third-order valence-corrected chi connectivity index (χ3v) is 19.0. The van der Waals surface area contributed by atoms with E-state index in [4.69, 9.17) is 37.0 Å². The minimum absolute atomic E-state index is 0.0704. The molecule has 0 saturated carbocycles. The highest BCUT2D eigenvalue weighted by atomic mass is 31.2. The lowest BCUT2D eigenvalue weighted by Gasteiger charge is -2.21. The molecule has 17 nitrogen and oxygen atoms in total. The predicted octanol–water partition coefficient (Wildman–Crippen LogP) is 22.0. The number of phosphoric ester groups is 2. The van der Waals surface area contributed by atoms with Crippen molar-refractivity contribution in [1.82, 2.24) is 0 Å². The van der Waals surface area contributed by atoms with Crippen molar-refractivity contribution in [2.75, 3.05) is 46.2 Å². The first-order chi connectivity index (χ1) is 46.8. The van der Waals surface area contributed by atoms with Gasteiger partial charge in [-0.3, -0.25) is 32.5 Å². The number of esters is 3. The highest BCUT2D eigenvalue weighted by molar-refractivity contribution is 7.47. The molecular weight excluding hydrogens is 1260 g/mol. The van der Waals surface area contributed by atoms with Crippen LogP contribution in [0.15, 0.2) is 36.5 Å². The van der Waals surface area contributed by atoms with Crippen LogP contribution in [0.1, 0.15) is 367 Å². The lowest BCUT2D eigenvalue weighted by atomic mass is 10.0. The third-order valence-electron chi connectivity index (χ3n) is 17.1. The summed E-state index contributed by atoms with van der Waals surface area (Å²) in [5.41, 5.74) is 0. The van der Waals surface area contributed by atoms with Gasteiger partial charge < -0.3 is 38.6 Å². The molecule has 0 fully saturated rings. The maximum Gasteiger partial charge on any atom is 0.472 e. The van der Waals surface area contributed by atoms with Gasteiger partial charge in [-0.25, -0.2) is 9.13 Å². The molecule has 0 bridgehead atoms. The van der Waals surface area contributed by atoms with E-state index in [1.807, 2.05) is 0 Å². The zero-order valence-electron chi connectivity index (χ0n) is 61.4. The fraction of sp³-hybridized carbons (Fsp3) is 0.870. The topological polar surface area (TPSA) is 237 Å². The Bertz CT molecular complexity index is 1930. The predicted molar refractivity (Wildman–Crippen MR) is 391 cm³/mol. The van der Waals surface area contributed by atoms with Crippen molar-refractivity contribution >= 4 is 39.8 Å². The number of rotatable bonds is 77. The summed E-state index contributed by atoms with van der Waals surface area (Å²) >= 11 is 0. The molecule has 0 aromatic heterocycles. The molecule has 0 amide bonds. The van der Waals surface area contributed by atoms with Gasteiger partial charge in [0, 0.05) is 32.3 Å². The molecule has 2 unspecified atom stereocenters. The average molecular weight is 1400 g/mol. The molecule has 0 saturated heterocycles.